The maximum absolute atomic E-state index is 13.2. The molecule has 9 heteroatoms. The lowest BCUT2D eigenvalue weighted by atomic mass is 9.99. The first-order valence-electron chi connectivity index (χ1n) is 9.10. The second kappa shape index (κ2) is 6.71. The maximum atomic E-state index is 13.2. The highest BCUT2D eigenvalue weighted by Gasteiger charge is 2.42. The molecule has 0 saturated carbocycles. The molecule has 2 unspecified atom stereocenters. The number of carbonyl (C=O) groups is 3. The molecule has 8 nitrogen and oxygen atoms in total. The SMILES string of the molecule is COC(c1cscn1)c1cnc2c3c(cccc13)C(=O)N2C1CCC(=O)NC1=O. The van der Waals surface area contributed by atoms with Crippen molar-refractivity contribution in [2.24, 2.45) is 0 Å². The van der Waals surface area contributed by atoms with Gasteiger partial charge in [-0.15, -0.1) is 11.3 Å². The van der Waals surface area contributed by atoms with Crippen molar-refractivity contribution in [3.8, 4) is 0 Å². The predicted octanol–water partition coefficient (Wildman–Crippen LogP) is 2.19. The Balaban J connectivity index is 1.66. The number of rotatable bonds is 4. The molecular weight excluding hydrogens is 392 g/mol. The van der Waals surface area contributed by atoms with E-state index in [2.05, 4.69) is 15.3 Å². The third-order valence-electron chi connectivity index (χ3n) is 5.36. The smallest absolute Gasteiger partial charge is 0.260 e. The zero-order valence-corrected chi connectivity index (χ0v) is 16.2. The van der Waals surface area contributed by atoms with Crippen molar-refractivity contribution in [1.82, 2.24) is 15.3 Å². The van der Waals surface area contributed by atoms with E-state index in [1.165, 1.54) is 16.2 Å². The van der Waals surface area contributed by atoms with E-state index in [4.69, 9.17) is 4.74 Å². The average molecular weight is 408 g/mol. The fourth-order valence-electron chi connectivity index (χ4n) is 4.07. The van der Waals surface area contributed by atoms with Gasteiger partial charge < -0.3 is 4.74 Å². The van der Waals surface area contributed by atoms with Crippen molar-refractivity contribution in [1.29, 1.82) is 0 Å². The summed E-state index contributed by atoms with van der Waals surface area (Å²) in [6, 6.07) is 4.70. The Kier molecular flexibility index (Phi) is 4.14. The summed E-state index contributed by atoms with van der Waals surface area (Å²) in [5.41, 5.74) is 3.80. The Morgan fingerprint density at radius 3 is 2.86 bits per heavy atom. The van der Waals surface area contributed by atoms with Crippen molar-refractivity contribution in [2.45, 2.75) is 25.0 Å². The number of aromatic nitrogens is 2. The van der Waals surface area contributed by atoms with E-state index in [0.29, 0.717) is 16.8 Å². The predicted molar refractivity (Wildman–Crippen MR) is 106 cm³/mol. The van der Waals surface area contributed by atoms with Gasteiger partial charge in [-0.25, -0.2) is 9.97 Å². The van der Waals surface area contributed by atoms with Crippen LogP contribution in [0, 0.1) is 0 Å². The van der Waals surface area contributed by atoms with Gasteiger partial charge in [0.2, 0.25) is 11.8 Å². The number of piperidine rings is 1. The van der Waals surface area contributed by atoms with E-state index in [1.807, 2.05) is 17.5 Å². The molecule has 2 aromatic heterocycles. The molecule has 1 fully saturated rings. The number of anilines is 1. The molecule has 3 aromatic rings. The lowest BCUT2D eigenvalue weighted by Gasteiger charge is -2.29. The first-order chi connectivity index (χ1) is 14.1. The minimum atomic E-state index is -0.758. The van der Waals surface area contributed by atoms with E-state index in [9.17, 15) is 14.4 Å². The molecule has 0 spiro atoms. The Bertz CT molecular complexity index is 1160. The Hall–Kier alpha value is -3.17. The van der Waals surface area contributed by atoms with Crippen LogP contribution in [0.1, 0.15) is 40.6 Å². The van der Waals surface area contributed by atoms with Gasteiger partial charge in [0.05, 0.1) is 16.8 Å². The van der Waals surface area contributed by atoms with Gasteiger partial charge in [0.15, 0.2) is 0 Å². The summed E-state index contributed by atoms with van der Waals surface area (Å²) in [6.07, 6.45) is 1.71. The van der Waals surface area contributed by atoms with Crippen LogP contribution in [0.2, 0.25) is 0 Å². The lowest BCUT2D eigenvalue weighted by molar-refractivity contribution is -0.134. The number of nitrogens with zero attached hydrogens (tertiary/aromatic N) is 3. The van der Waals surface area contributed by atoms with Gasteiger partial charge >= 0.3 is 0 Å². The normalized spacial score (nSPS) is 19.7. The van der Waals surface area contributed by atoms with Gasteiger partial charge in [0.1, 0.15) is 18.0 Å². The monoisotopic (exact) mass is 408 g/mol. The molecule has 5 rings (SSSR count). The number of pyridine rings is 1. The summed E-state index contributed by atoms with van der Waals surface area (Å²) in [5.74, 6) is -0.645. The van der Waals surface area contributed by atoms with Crippen LogP contribution < -0.4 is 10.2 Å². The number of nitrogens with one attached hydrogen (secondary N) is 1. The second-order valence-corrected chi connectivity index (χ2v) is 7.66. The highest BCUT2D eigenvalue weighted by molar-refractivity contribution is 7.07. The zero-order chi connectivity index (χ0) is 20.1. The zero-order valence-electron chi connectivity index (χ0n) is 15.4. The van der Waals surface area contributed by atoms with Crippen LogP contribution in [0.3, 0.4) is 0 Å². The molecule has 4 heterocycles. The summed E-state index contributed by atoms with van der Waals surface area (Å²) >= 11 is 1.48. The highest BCUT2D eigenvalue weighted by atomic mass is 32.1. The molecule has 2 aliphatic heterocycles. The number of amides is 3. The molecular formula is C20H16N4O4S. The second-order valence-electron chi connectivity index (χ2n) is 6.94. The van der Waals surface area contributed by atoms with E-state index in [0.717, 1.165) is 16.6 Å². The van der Waals surface area contributed by atoms with Crippen molar-refractivity contribution >= 4 is 45.6 Å². The minimum absolute atomic E-state index is 0.188. The van der Waals surface area contributed by atoms with Gasteiger partial charge in [0.25, 0.3) is 5.91 Å². The van der Waals surface area contributed by atoms with Crippen molar-refractivity contribution < 1.29 is 19.1 Å². The Labute approximate surface area is 169 Å². The van der Waals surface area contributed by atoms with E-state index in [-0.39, 0.29) is 24.7 Å². The van der Waals surface area contributed by atoms with Crippen LogP contribution in [0.25, 0.3) is 10.8 Å². The molecule has 0 bridgehead atoms. The number of carbonyl (C=O) groups excluding carboxylic acids is 3. The molecule has 146 valence electrons. The number of methoxy groups -OCH3 is 1. The van der Waals surface area contributed by atoms with Crippen LogP contribution in [0.5, 0.6) is 0 Å². The standard InChI is InChI=1S/C20H16N4O4S/c1-28-17(13-8-29-9-22-13)12-7-21-18-16-10(12)3-2-4-11(16)20(27)24(18)14-5-6-15(25)23-19(14)26/h2-4,7-9,14,17H,5-6H2,1H3,(H,23,25,26). The third kappa shape index (κ3) is 2.65. The molecule has 2 aliphatic rings. The van der Waals surface area contributed by atoms with Crippen LogP contribution in [0.4, 0.5) is 5.82 Å². The lowest BCUT2D eigenvalue weighted by Crippen LogP contribution is -2.53. The maximum Gasteiger partial charge on any atom is 0.260 e. The van der Waals surface area contributed by atoms with Crippen molar-refractivity contribution in [2.75, 3.05) is 12.0 Å². The summed E-state index contributed by atoms with van der Waals surface area (Å²) in [5, 5.41) is 5.75. The molecule has 1 saturated heterocycles. The minimum Gasteiger partial charge on any atom is -0.370 e. The van der Waals surface area contributed by atoms with Gasteiger partial charge in [-0.05, 0) is 17.9 Å². The summed E-state index contributed by atoms with van der Waals surface area (Å²) < 4.78 is 5.69. The molecule has 3 amide bonds. The molecule has 2 atom stereocenters. The van der Waals surface area contributed by atoms with E-state index in [1.54, 1.807) is 24.9 Å². The fourth-order valence-corrected chi connectivity index (χ4v) is 4.64. The van der Waals surface area contributed by atoms with Gasteiger partial charge in [-0.2, -0.15) is 0 Å². The molecule has 29 heavy (non-hydrogen) atoms. The average Bonchev–Trinajstić information content (AvgIpc) is 3.33. The van der Waals surface area contributed by atoms with Gasteiger partial charge in [-0.1, -0.05) is 12.1 Å². The van der Waals surface area contributed by atoms with Gasteiger partial charge in [-0.3, -0.25) is 24.6 Å². The van der Waals surface area contributed by atoms with Crippen LogP contribution >= 0.6 is 11.3 Å². The van der Waals surface area contributed by atoms with E-state index >= 15 is 0 Å². The third-order valence-corrected chi connectivity index (χ3v) is 5.97. The van der Waals surface area contributed by atoms with Gasteiger partial charge in [0, 0.05) is 36.1 Å². The highest BCUT2D eigenvalue weighted by Crippen LogP contribution is 2.41. The molecule has 1 aromatic carbocycles. The summed E-state index contributed by atoms with van der Waals surface area (Å²) in [6.45, 7) is 0. The van der Waals surface area contributed by atoms with Crippen molar-refractivity contribution in [3.63, 3.8) is 0 Å². The quantitative estimate of drug-likeness (QED) is 0.664. The molecule has 0 radical (unpaired) electrons. The fraction of sp³-hybridized carbons (Fsp3) is 0.250. The summed E-state index contributed by atoms with van der Waals surface area (Å²) in [7, 11) is 1.61. The largest absolute Gasteiger partial charge is 0.370 e. The number of benzene rings is 1. The number of hydrogen-bond donors (Lipinski definition) is 1. The molecule has 0 aliphatic carbocycles. The van der Waals surface area contributed by atoms with Crippen molar-refractivity contribution in [3.05, 3.63) is 52.1 Å². The summed E-state index contributed by atoms with van der Waals surface area (Å²) in [4.78, 5) is 47.4. The number of hydrogen-bond acceptors (Lipinski definition) is 7. The first-order valence-corrected chi connectivity index (χ1v) is 10.0. The first kappa shape index (κ1) is 17.9. The topological polar surface area (TPSA) is 101 Å². The van der Waals surface area contributed by atoms with E-state index < -0.39 is 18.1 Å². The Morgan fingerprint density at radius 2 is 2.14 bits per heavy atom. The Morgan fingerprint density at radius 1 is 1.28 bits per heavy atom. The molecule has 1 N–H and O–H groups in total. The number of imide groups is 1. The van der Waals surface area contributed by atoms with Crippen LogP contribution in [-0.2, 0) is 14.3 Å². The number of ether oxygens (including phenoxy) is 1. The van der Waals surface area contributed by atoms with Crippen LogP contribution in [0.15, 0.2) is 35.3 Å². The number of thiazole rings is 1. The van der Waals surface area contributed by atoms with Crippen LogP contribution in [-0.4, -0.2) is 40.8 Å².